The van der Waals surface area contributed by atoms with Gasteiger partial charge in [0, 0.05) is 0 Å². The van der Waals surface area contributed by atoms with E-state index in [2.05, 4.69) is 49.4 Å². The number of benzene rings is 3. The Labute approximate surface area is 137 Å². The first-order valence-electron chi connectivity index (χ1n) is 7.92. The van der Waals surface area contributed by atoms with Crippen molar-refractivity contribution in [1.29, 1.82) is 0 Å². The molecule has 0 aliphatic carbocycles. The van der Waals surface area contributed by atoms with Gasteiger partial charge < -0.3 is 5.11 Å². The molecule has 0 aliphatic rings. The summed E-state index contributed by atoms with van der Waals surface area (Å²) in [5.74, 6) is 0.286. The first-order valence-corrected chi connectivity index (χ1v) is 7.92. The molecule has 114 valence electrons. The molecule has 0 heterocycles. The van der Waals surface area contributed by atoms with E-state index >= 15 is 0 Å². The molecule has 1 N–H and O–H groups in total. The lowest BCUT2D eigenvalue weighted by atomic mass is 9.95. The monoisotopic (exact) mass is 300 g/mol. The number of aromatic hydroxyl groups is 1. The van der Waals surface area contributed by atoms with E-state index in [9.17, 15) is 5.11 Å². The summed E-state index contributed by atoms with van der Waals surface area (Å²) in [5, 5.41) is 9.54. The first-order chi connectivity index (χ1) is 11.3. The summed E-state index contributed by atoms with van der Waals surface area (Å²) in [6.45, 7) is 2.16. The normalized spacial score (nSPS) is 11.4. The van der Waals surface area contributed by atoms with Gasteiger partial charge in [-0.05, 0) is 52.5 Å². The lowest BCUT2D eigenvalue weighted by molar-refractivity contribution is 0.475. The van der Waals surface area contributed by atoms with Gasteiger partial charge in [0.05, 0.1) is 0 Å². The fourth-order valence-corrected chi connectivity index (χ4v) is 2.61. The molecule has 3 aromatic carbocycles. The maximum atomic E-state index is 9.54. The van der Waals surface area contributed by atoms with E-state index in [1.165, 1.54) is 11.1 Å². The van der Waals surface area contributed by atoms with Crippen molar-refractivity contribution in [3.05, 3.63) is 101 Å². The lowest BCUT2D eigenvalue weighted by Gasteiger charge is -2.09. The molecule has 1 heteroatoms. The van der Waals surface area contributed by atoms with Crippen LogP contribution >= 0.6 is 0 Å². The molecule has 0 bridgehead atoms. The molecular weight excluding hydrogens is 280 g/mol. The van der Waals surface area contributed by atoms with Crippen molar-refractivity contribution < 1.29 is 5.11 Å². The minimum Gasteiger partial charge on any atom is -0.508 e. The maximum absolute atomic E-state index is 9.54. The Morgan fingerprint density at radius 2 is 1.39 bits per heavy atom. The van der Waals surface area contributed by atoms with Crippen molar-refractivity contribution in [3.63, 3.8) is 0 Å². The smallest absolute Gasteiger partial charge is 0.115 e. The Hall–Kier alpha value is -2.80. The van der Waals surface area contributed by atoms with E-state index in [0.717, 1.165) is 23.1 Å². The van der Waals surface area contributed by atoms with Crippen LogP contribution in [0.25, 0.3) is 11.6 Å². The van der Waals surface area contributed by atoms with Crippen molar-refractivity contribution in [2.45, 2.75) is 13.3 Å². The van der Waals surface area contributed by atoms with Crippen molar-refractivity contribution in [2.75, 3.05) is 0 Å². The van der Waals surface area contributed by atoms with Crippen LogP contribution in [0.2, 0.25) is 0 Å². The molecule has 23 heavy (non-hydrogen) atoms. The molecule has 0 unspecified atom stereocenters. The number of rotatable bonds is 4. The molecule has 0 saturated carbocycles. The zero-order valence-corrected chi connectivity index (χ0v) is 13.2. The summed E-state index contributed by atoms with van der Waals surface area (Å²) in [7, 11) is 0. The van der Waals surface area contributed by atoms with Gasteiger partial charge in [0.2, 0.25) is 0 Å². The SMILES string of the molecule is CCc1ccc(/C=C(\c2ccccc2)c2ccc(O)cc2)cc1. The maximum Gasteiger partial charge on any atom is 0.115 e. The third-order valence-corrected chi connectivity index (χ3v) is 3.96. The van der Waals surface area contributed by atoms with Gasteiger partial charge in [-0.25, -0.2) is 0 Å². The summed E-state index contributed by atoms with van der Waals surface area (Å²) in [6.07, 6.45) is 3.24. The van der Waals surface area contributed by atoms with Gasteiger partial charge in [-0.15, -0.1) is 0 Å². The van der Waals surface area contributed by atoms with Crippen LogP contribution in [-0.2, 0) is 6.42 Å². The highest BCUT2D eigenvalue weighted by atomic mass is 16.3. The van der Waals surface area contributed by atoms with E-state index in [4.69, 9.17) is 0 Å². The Morgan fingerprint density at radius 1 is 0.783 bits per heavy atom. The summed E-state index contributed by atoms with van der Waals surface area (Å²) in [6, 6.07) is 26.3. The molecule has 3 aromatic rings. The molecule has 0 fully saturated rings. The van der Waals surface area contributed by atoms with Crippen LogP contribution in [0, 0.1) is 0 Å². The van der Waals surface area contributed by atoms with Crippen LogP contribution in [0.5, 0.6) is 5.75 Å². The number of aryl methyl sites for hydroxylation is 1. The zero-order valence-electron chi connectivity index (χ0n) is 13.2. The number of hydrogen-bond donors (Lipinski definition) is 1. The largest absolute Gasteiger partial charge is 0.508 e. The molecule has 0 saturated heterocycles. The molecule has 0 aliphatic heterocycles. The van der Waals surface area contributed by atoms with Crippen molar-refractivity contribution >= 4 is 11.6 Å². The number of phenolic OH excluding ortho intramolecular Hbond substituents is 1. The predicted molar refractivity (Wildman–Crippen MR) is 97.3 cm³/mol. The third kappa shape index (κ3) is 3.70. The van der Waals surface area contributed by atoms with Crippen molar-refractivity contribution in [2.24, 2.45) is 0 Å². The molecule has 0 spiro atoms. The summed E-state index contributed by atoms with van der Waals surface area (Å²) < 4.78 is 0. The Kier molecular flexibility index (Phi) is 4.58. The van der Waals surface area contributed by atoms with E-state index < -0.39 is 0 Å². The molecule has 0 aromatic heterocycles. The number of hydrogen-bond acceptors (Lipinski definition) is 1. The highest BCUT2D eigenvalue weighted by Crippen LogP contribution is 2.27. The number of phenols is 1. The van der Waals surface area contributed by atoms with Crippen molar-refractivity contribution in [3.8, 4) is 5.75 Å². The standard InChI is InChI=1S/C22H20O/c1-2-17-8-10-18(11-9-17)16-22(19-6-4-3-5-7-19)20-12-14-21(23)15-13-20/h3-16,23H,2H2,1H3/b22-16+. The fourth-order valence-electron chi connectivity index (χ4n) is 2.61. The third-order valence-electron chi connectivity index (χ3n) is 3.96. The highest BCUT2D eigenvalue weighted by molar-refractivity contribution is 5.91. The van der Waals surface area contributed by atoms with Gasteiger partial charge >= 0.3 is 0 Å². The summed E-state index contributed by atoms with van der Waals surface area (Å²) in [4.78, 5) is 0. The van der Waals surface area contributed by atoms with Crippen LogP contribution in [0.1, 0.15) is 29.2 Å². The summed E-state index contributed by atoms with van der Waals surface area (Å²) >= 11 is 0. The second-order valence-corrected chi connectivity index (χ2v) is 5.57. The predicted octanol–water partition coefficient (Wildman–Crippen LogP) is 5.54. The Balaban J connectivity index is 2.07. The van der Waals surface area contributed by atoms with Crippen LogP contribution in [-0.4, -0.2) is 5.11 Å². The molecule has 0 amide bonds. The zero-order chi connectivity index (χ0) is 16.1. The summed E-state index contributed by atoms with van der Waals surface area (Å²) in [5.41, 5.74) is 5.92. The van der Waals surface area contributed by atoms with Gasteiger partial charge in [-0.3, -0.25) is 0 Å². The van der Waals surface area contributed by atoms with E-state index in [-0.39, 0.29) is 5.75 Å². The van der Waals surface area contributed by atoms with Gasteiger partial charge in [-0.2, -0.15) is 0 Å². The molecule has 1 nitrogen and oxygen atoms in total. The van der Waals surface area contributed by atoms with E-state index in [0.29, 0.717) is 0 Å². The first kappa shape index (κ1) is 15.1. The molecule has 0 radical (unpaired) electrons. The topological polar surface area (TPSA) is 20.2 Å². The van der Waals surface area contributed by atoms with E-state index in [1.807, 2.05) is 30.3 Å². The highest BCUT2D eigenvalue weighted by Gasteiger charge is 2.05. The Morgan fingerprint density at radius 3 is 2.00 bits per heavy atom. The van der Waals surface area contributed by atoms with Gasteiger partial charge in [0.15, 0.2) is 0 Å². The van der Waals surface area contributed by atoms with Crippen LogP contribution < -0.4 is 0 Å². The Bertz CT molecular complexity index is 782. The minimum atomic E-state index is 0.286. The van der Waals surface area contributed by atoms with Crippen molar-refractivity contribution in [1.82, 2.24) is 0 Å². The van der Waals surface area contributed by atoms with Crippen LogP contribution in [0.15, 0.2) is 78.9 Å². The van der Waals surface area contributed by atoms with Gasteiger partial charge in [0.25, 0.3) is 0 Å². The second kappa shape index (κ2) is 6.97. The fraction of sp³-hybridized carbons (Fsp3) is 0.0909. The van der Waals surface area contributed by atoms with Gasteiger partial charge in [-0.1, -0.05) is 73.7 Å². The lowest BCUT2D eigenvalue weighted by Crippen LogP contribution is -1.88. The molecule has 3 rings (SSSR count). The average Bonchev–Trinajstić information content (AvgIpc) is 2.62. The average molecular weight is 300 g/mol. The van der Waals surface area contributed by atoms with E-state index in [1.54, 1.807) is 12.1 Å². The molecular formula is C22H20O. The van der Waals surface area contributed by atoms with Gasteiger partial charge in [0.1, 0.15) is 5.75 Å². The second-order valence-electron chi connectivity index (χ2n) is 5.57. The molecule has 0 atom stereocenters. The minimum absolute atomic E-state index is 0.286. The van der Waals surface area contributed by atoms with Crippen LogP contribution in [0.3, 0.4) is 0 Å². The quantitative estimate of drug-likeness (QED) is 0.627. The van der Waals surface area contributed by atoms with Crippen LogP contribution in [0.4, 0.5) is 0 Å².